The number of halogens is 1. The fourth-order valence-electron chi connectivity index (χ4n) is 2.32. The van der Waals surface area contributed by atoms with Crippen molar-refractivity contribution >= 4 is 21.9 Å². The maximum atomic E-state index is 9.64. The predicted molar refractivity (Wildman–Crippen MR) is 94.7 cm³/mol. The van der Waals surface area contributed by atoms with Crippen molar-refractivity contribution in [2.75, 3.05) is 11.9 Å². The van der Waals surface area contributed by atoms with Gasteiger partial charge in [-0.05, 0) is 40.5 Å². The van der Waals surface area contributed by atoms with Crippen LogP contribution in [0.2, 0.25) is 0 Å². The Kier molecular flexibility index (Phi) is 5.30. The summed E-state index contributed by atoms with van der Waals surface area (Å²) in [7, 11) is 0. The molecule has 9 heteroatoms. The maximum absolute atomic E-state index is 9.64. The minimum absolute atomic E-state index is 0.468. The second kappa shape index (κ2) is 7.81. The third kappa shape index (κ3) is 4.16. The van der Waals surface area contributed by atoms with Gasteiger partial charge in [-0.1, -0.05) is 6.07 Å². The number of pyridine rings is 1. The molecule has 8 nitrogen and oxygen atoms in total. The van der Waals surface area contributed by atoms with Gasteiger partial charge < -0.3 is 5.32 Å². The second-order valence-electron chi connectivity index (χ2n) is 5.29. The lowest BCUT2D eigenvalue weighted by Gasteiger charge is -2.13. The molecule has 0 radical (unpaired) electrons. The Morgan fingerprint density at radius 2 is 2.24 bits per heavy atom. The zero-order chi connectivity index (χ0) is 17.6. The molecule has 0 aliphatic rings. The lowest BCUT2D eigenvalue weighted by atomic mass is 9.99. The summed E-state index contributed by atoms with van der Waals surface area (Å²) in [5.74, 6) is -0.0904. The zero-order valence-corrected chi connectivity index (χ0v) is 15.1. The van der Waals surface area contributed by atoms with Crippen molar-refractivity contribution in [2.45, 2.75) is 19.4 Å². The molecule has 0 amide bonds. The van der Waals surface area contributed by atoms with Crippen LogP contribution in [0.3, 0.4) is 0 Å². The molecule has 0 spiro atoms. The van der Waals surface area contributed by atoms with E-state index in [0.29, 0.717) is 35.0 Å². The standard InChI is InChI=1S/C16H15BrN8/c1-11-8-21-16(20-5-6-25-10-19-9-22-25)24-15(11)12(7-18)13-3-2-4-14(17)23-13/h2-4,8-10,12H,5-6H2,1H3,(H,20,21,24). The number of nitriles is 1. The molecule has 0 fully saturated rings. The Morgan fingerprint density at radius 1 is 1.36 bits per heavy atom. The third-order valence-corrected chi connectivity index (χ3v) is 3.98. The van der Waals surface area contributed by atoms with Gasteiger partial charge in [0.2, 0.25) is 5.95 Å². The van der Waals surface area contributed by atoms with Crippen molar-refractivity contribution in [3.63, 3.8) is 0 Å². The van der Waals surface area contributed by atoms with E-state index in [2.05, 4.69) is 52.4 Å². The summed E-state index contributed by atoms with van der Waals surface area (Å²) in [5, 5.41) is 16.8. The number of rotatable bonds is 6. The Balaban J connectivity index is 1.79. The van der Waals surface area contributed by atoms with Crippen LogP contribution in [-0.4, -0.2) is 36.3 Å². The van der Waals surface area contributed by atoms with E-state index in [1.807, 2.05) is 25.1 Å². The normalized spacial score (nSPS) is 11.7. The first kappa shape index (κ1) is 17.0. The van der Waals surface area contributed by atoms with Crippen LogP contribution in [0.15, 0.2) is 41.7 Å². The highest BCUT2D eigenvalue weighted by atomic mass is 79.9. The molecular weight excluding hydrogens is 384 g/mol. The van der Waals surface area contributed by atoms with Gasteiger partial charge in [0.15, 0.2) is 0 Å². The van der Waals surface area contributed by atoms with Gasteiger partial charge in [-0.3, -0.25) is 4.68 Å². The fraction of sp³-hybridized carbons (Fsp3) is 0.250. The molecule has 3 aromatic heterocycles. The van der Waals surface area contributed by atoms with Crippen LogP contribution in [0.25, 0.3) is 0 Å². The fourth-order valence-corrected chi connectivity index (χ4v) is 2.67. The number of aromatic nitrogens is 6. The summed E-state index contributed by atoms with van der Waals surface area (Å²) in [6.07, 6.45) is 4.85. The summed E-state index contributed by atoms with van der Waals surface area (Å²) in [4.78, 5) is 17.1. The molecule has 1 N–H and O–H groups in total. The number of aryl methyl sites for hydroxylation is 1. The molecule has 1 unspecified atom stereocenters. The van der Waals surface area contributed by atoms with Gasteiger partial charge in [-0.25, -0.2) is 19.9 Å². The van der Waals surface area contributed by atoms with E-state index in [1.165, 1.54) is 6.33 Å². The number of hydrogen-bond donors (Lipinski definition) is 1. The molecule has 0 bridgehead atoms. The quantitative estimate of drug-likeness (QED) is 0.634. The molecule has 3 rings (SSSR count). The number of nitrogens with one attached hydrogen (secondary N) is 1. The van der Waals surface area contributed by atoms with Crippen molar-refractivity contribution in [2.24, 2.45) is 0 Å². The number of hydrogen-bond acceptors (Lipinski definition) is 7. The molecular formula is C16H15BrN8. The Hall–Kier alpha value is -2.86. The van der Waals surface area contributed by atoms with Gasteiger partial charge in [0.05, 0.1) is 24.0 Å². The average molecular weight is 399 g/mol. The van der Waals surface area contributed by atoms with Gasteiger partial charge in [0, 0.05) is 12.7 Å². The molecule has 0 saturated heterocycles. The van der Waals surface area contributed by atoms with Crippen LogP contribution >= 0.6 is 15.9 Å². The Morgan fingerprint density at radius 3 is 2.96 bits per heavy atom. The summed E-state index contributed by atoms with van der Waals surface area (Å²) < 4.78 is 2.40. The van der Waals surface area contributed by atoms with Crippen molar-refractivity contribution in [1.29, 1.82) is 5.26 Å². The molecule has 0 aliphatic carbocycles. The van der Waals surface area contributed by atoms with Crippen LogP contribution in [0, 0.1) is 18.3 Å². The first-order valence-electron chi connectivity index (χ1n) is 7.59. The summed E-state index contributed by atoms with van der Waals surface area (Å²) in [5.41, 5.74) is 2.13. The highest BCUT2D eigenvalue weighted by molar-refractivity contribution is 9.10. The minimum Gasteiger partial charge on any atom is -0.352 e. The van der Waals surface area contributed by atoms with E-state index < -0.39 is 5.92 Å². The van der Waals surface area contributed by atoms with Crippen LogP contribution in [0.4, 0.5) is 5.95 Å². The van der Waals surface area contributed by atoms with Gasteiger partial charge in [-0.15, -0.1) is 0 Å². The van der Waals surface area contributed by atoms with Crippen molar-refractivity contribution < 1.29 is 0 Å². The smallest absolute Gasteiger partial charge is 0.222 e. The Labute approximate surface area is 153 Å². The van der Waals surface area contributed by atoms with E-state index >= 15 is 0 Å². The topological polar surface area (TPSA) is 105 Å². The largest absolute Gasteiger partial charge is 0.352 e. The van der Waals surface area contributed by atoms with E-state index in [1.54, 1.807) is 17.2 Å². The van der Waals surface area contributed by atoms with Crippen LogP contribution in [0.1, 0.15) is 22.9 Å². The van der Waals surface area contributed by atoms with Crippen LogP contribution < -0.4 is 5.32 Å². The highest BCUT2D eigenvalue weighted by Crippen LogP contribution is 2.25. The molecule has 126 valence electrons. The molecule has 1 atom stereocenters. The van der Waals surface area contributed by atoms with Gasteiger partial charge >= 0.3 is 0 Å². The van der Waals surface area contributed by atoms with Gasteiger partial charge in [-0.2, -0.15) is 10.4 Å². The molecule has 0 aromatic carbocycles. The van der Waals surface area contributed by atoms with Crippen molar-refractivity contribution in [3.05, 3.63) is 58.6 Å². The summed E-state index contributed by atoms with van der Waals surface area (Å²) in [6.45, 7) is 3.12. The first-order chi connectivity index (χ1) is 12.2. The first-order valence-corrected chi connectivity index (χ1v) is 8.38. The van der Waals surface area contributed by atoms with Crippen LogP contribution in [0.5, 0.6) is 0 Å². The monoisotopic (exact) mass is 398 g/mol. The molecule has 0 aliphatic heterocycles. The van der Waals surface area contributed by atoms with E-state index in [-0.39, 0.29) is 0 Å². The van der Waals surface area contributed by atoms with Gasteiger partial charge in [0.25, 0.3) is 0 Å². The highest BCUT2D eigenvalue weighted by Gasteiger charge is 2.20. The predicted octanol–water partition coefficient (Wildman–Crippen LogP) is 2.30. The van der Waals surface area contributed by atoms with E-state index in [0.717, 1.165) is 5.56 Å². The number of anilines is 1. The lowest BCUT2D eigenvalue weighted by molar-refractivity contribution is 0.634. The summed E-state index contributed by atoms with van der Waals surface area (Å²) >= 11 is 3.34. The lowest BCUT2D eigenvalue weighted by Crippen LogP contribution is -2.14. The minimum atomic E-state index is -0.559. The Bertz CT molecular complexity index is 887. The summed E-state index contributed by atoms with van der Waals surface area (Å²) in [6, 6.07) is 7.78. The molecule has 25 heavy (non-hydrogen) atoms. The SMILES string of the molecule is Cc1cnc(NCCn2cncn2)nc1C(C#N)c1cccc(Br)n1. The maximum Gasteiger partial charge on any atom is 0.222 e. The van der Waals surface area contributed by atoms with Crippen LogP contribution in [-0.2, 0) is 6.54 Å². The van der Waals surface area contributed by atoms with E-state index in [9.17, 15) is 5.26 Å². The van der Waals surface area contributed by atoms with Crippen molar-refractivity contribution in [3.8, 4) is 6.07 Å². The van der Waals surface area contributed by atoms with Gasteiger partial charge in [0.1, 0.15) is 23.2 Å². The van der Waals surface area contributed by atoms with Crippen molar-refractivity contribution in [1.82, 2.24) is 29.7 Å². The third-order valence-electron chi connectivity index (χ3n) is 3.54. The second-order valence-corrected chi connectivity index (χ2v) is 6.11. The zero-order valence-electron chi connectivity index (χ0n) is 13.5. The molecule has 3 aromatic rings. The number of nitrogens with zero attached hydrogens (tertiary/aromatic N) is 7. The average Bonchev–Trinajstić information content (AvgIpc) is 3.12. The molecule has 3 heterocycles. The van der Waals surface area contributed by atoms with E-state index in [4.69, 9.17) is 0 Å². The molecule has 0 saturated carbocycles.